The summed E-state index contributed by atoms with van der Waals surface area (Å²) in [5.74, 6) is 0. The second kappa shape index (κ2) is 6.72. The fourth-order valence-corrected chi connectivity index (χ4v) is 2.96. The zero-order valence-corrected chi connectivity index (χ0v) is 12.6. The van der Waals surface area contributed by atoms with E-state index in [-0.39, 0.29) is 0 Å². The summed E-state index contributed by atoms with van der Waals surface area (Å²) >= 11 is 0. The normalized spacial score (nSPS) is 16.1. The molecule has 1 aliphatic heterocycles. The number of hydrogen-bond donors (Lipinski definition) is 1. The number of pyridine rings is 1. The second-order valence-corrected chi connectivity index (χ2v) is 5.77. The van der Waals surface area contributed by atoms with E-state index >= 15 is 0 Å². The lowest BCUT2D eigenvalue weighted by Crippen LogP contribution is -2.42. The average Bonchev–Trinajstić information content (AvgIpc) is 2.55. The molecule has 1 saturated heterocycles. The topological polar surface area (TPSA) is 28.2 Å². The Morgan fingerprint density at radius 3 is 2.52 bits per heavy atom. The lowest BCUT2D eigenvalue weighted by atomic mass is 10.0. The minimum Gasteiger partial charge on any atom is -0.371 e. The minimum atomic E-state index is 0.627. The summed E-state index contributed by atoms with van der Waals surface area (Å²) in [5.41, 5.74) is 4.08. The molecule has 3 heteroatoms. The third-order valence-electron chi connectivity index (χ3n) is 4.37. The van der Waals surface area contributed by atoms with Crippen molar-refractivity contribution in [2.45, 2.75) is 32.4 Å². The highest BCUT2D eigenvalue weighted by Crippen LogP contribution is 2.19. The summed E-state index contributed by atoms with van der Waals surface area (Å²) < 4.78 is 0. The van der Waals surface area contributed by atoms with Crippen LogP contribution in [0, 0.1) is 6.92 Å². The third-order valence-corrected chi connectivity index (χ3v) is 4.37. The van der Waals surface area contributed by atoms with E-state index in [0.717, 1.165) is 19.6 Å². The Morgan fingerprint density at radius 2 is 1.81 bits per heavy atom. The van der Waals surface area contributed by atoms with Crippen LogP contribution in [-0.4, -0.2) is 24.1 Å². The predicted molar refractivity (Wildman–Crippen MR) is 87.5 cm³/mol. The predicted octanol–water partition coefficient (Wildman–Crippen LogP) is 3.15. The number of anilines is 1. The third kappa shape index (κ3) is 3.61. The van der Waals surface area contributed by atoms with E-state index < -0.39 is 0 Å². The molecule has 2 aromatic rings. The first-order valence-corrected chi connectivity index (χ1v) is 7.76. The van der Waals surface area contributed by atoms with Gasteiger partial charge in [0.2, 0.25) is 0 Å². The number of rotatable bonds is 4. The van der Waals surface area contributed by atoms with Gasteiger partial charge in [-0.15, -0.1) is 0 Å². The summed E-state index contributed by atoms with van der Waals surface area (Å²) in [4.78, 5) is 6.54. The maximum atomic E-state index is 4.09. The Balaban J connectivity index is 1.49. The molecule has 0 amide bonds. The van der Waals surface area contributed by atoms with Crippen molar-refractivity contribution in [3.63, 3.8) is 0 Å². The molecular weight excluding hydrogens is 258 g/mol. The monoisotopic (exact) mass is 281 g/mol. The number of hydrogen-bond acceptors (Lipinski definition) is 3. The molecule has 0 aliphatic carbocycles. The molecule has 3 nitrogen and oxygen atoms in total. The van der Waals surface area contributed by atoms with Crippen molar-refractivity contribution < 1.29 is 0 Å². The Morgan fingerprint density at radius 1 is 1.10 bits per heavy atom. The van der Waals surface area contributed by atoms with E-state index in [2.05, 4.69) is 58.5 Å². The number of piperidine rings is 1. The smallest absolute Gasteiger partial charge is 0.0397 e. The van der Waals surface area contributed by atoms with Gasteiger partial charge in [0.15, 0.2) is 0 Å². The SMILES string of the molecule is Cc1ccccc1CNC1CCN(c2ccncc2)CC1. The highest BCUT2D eigenvalue weighted by Gasteiger charge is 2.18. The van der Waals surface area contributed by atoms with Crippen LogP contribution in [0.3, 0.4) is 0 Å². The molecule has 0 radical (unpaired) electrons. The number of benzene rings is 1. The first-order valence-electron chi connectivity index (χ1n) is 7.76. The Hall–Kier alpha value is -1.87. The molecule has 1 aliphatic rings. The van der Waals surface area contributed by atoms with E-state index in [4.69, 9.17) is 0 Å². The maximum Gasteiger partial charge on any atom is 0.0397 e. The maximum absolute atomic E-state index is 4.09. The van der Waals surface area contributed by atoms with E-state index in [0.29, 0.717) is 6.04 Å². The van der Waals surface area contributed by atoms with Crippen LogP contribution < -0.4 is 10.2 Å². The van der Waals surface area contributed by atoms with Crippen LogP contribution in [0.2, 0.25) is 0 Å². The summed E-state index contributed by atoms with van der Waals surface area (Å²) in [5, 5.41) is 3.71. The number of aryl methyl sites for hydroxylation is 1. The first-order chi connectivity index (χ1) is 10.3. The van der Waals surface area contributed by atoms with Crippen molar-refractivity contribution in [3.8, 4) is 0 Å². The summed E-state index contributed by atoms with van der Waals surface area (Å²) in [6.07, 6.45) is 6.15. The summed E-state index contributed by atoms with van der Waals surface area (Å²) in [7, 11) is 0. The molecule has 0 atom stereocenters. The van der Waals surface area contributed by atoms with Crippen LogP contribution in [0.4, 0.5) is 5.69 Å². The first kappa shape index (κ1) is 14.1. The van der Waals surface area contributed by atoms with Crippen molar-refractivity contribution in [2.24, 2.45) is 0 Å². The fourth-order valence-electron chi connectivity index (χ4n) is 2.96. The van der Waals surface area contributed by atoms with Crippen LogP contribution in [-0.2, 0) is 6.54 Å². The van der Waals surface area contributed by atoms with Crippen LogP contribution in [0.25, 0.3) is 0 Å². The highest BCUT2D eigenvalue weighted by molar-refractivity contribution is 5.44. The van der Waals surface area contributed by atoms with Gasteiger partial charge in [-0.05, 0) is 43.0 Å². The molecule has 0 bridgehead atoms. The lowest BCUT2D eigenvalue weighted by molar-refractivity contribution is 0.413. The van der Waals surface area contributed by atoms with Crippen molar-refractivity contribution in [2.75, 3.05) is 18.0 Å². The van der Waals surface area contributed by atoms with Gasteiger partial charge in [-0.1, -0.05) is 24.3 Å². The number of nitrogens with one attached hydrogen (secondary N) is 1. The van der Waals surface area contributed by atoms with Gasteiger partial charge in [0.25, 0.3) is 0 Å². The van der Waals surface area contributed by atoms with Gasteiger partial charge in [0, 0.05) is 43.8 Å². The molecule has 1 aromatic carbocycles. The minimum absolute atomic E-state index is 0.627. The van der Waals surface area contributed by atoms with Crippen LogP contribution in [0.1, 0.15) is 24.0 Å². The Bertz CT molecular complexity index is 560. The van der Waals surface area contributed by atoms with Gasteiger partial charge in [0.1, 0.15) is 0 Å². The van der Waals surface area contributed by atoms with Gasteiger partial charge < -0.3 is 10.2 Å². The Kier molecular flexibility index (Phi) is 4.51. The van der Waals surface area contributed by atoms with Gasteiger partial charge >= 0.3 is 0 Å². The quantitative estimate of drug-likeness (QED) is 0.933. The molecule has 1 N–H and O–H groups in total. The van der Waals surface area contributed by atoms with Gasteiger partial charge in [-0.25, -0.2) is 0 Å². The van der Waals surface area contributed by atoms with Crippen LogP contribution in [0.5, 0.6) is 0 Å². The van der Waals surface area contributed by atoms with Gasteiger partial charge in [-0.2, -0.15) is 0 Å². The Labute approximate surface area is 127 Å². The van der Waals surface area contributed by atoms with Crippen molar-refractivity contribution >= 4 is 5.69 Å². The molecule has 110 valence electrons. The molecule has 1 aromatic heterocycles. The fraction of sp³-hybridized carbons (Fsp3) is 0.389. The largest absolute Gasteiger partial charge is 0.371 e. The molecule has 2 heterocycles. The van der Waals surface area contributed by atoms with Crippen LogP contribution in [0.15, 0.2) is 48.8 Å². The van der Waals surface area contributed by atoms with Gasteiger partial charge in [0.05, 0.1) is 0 Å². The standard InChI is InChI=1S/C18H23N3/c1-15-4-2-3-5-16(15)14-20-17-8-12-21(13-9-17)18-6-10-19-11-7-18/h2-7,10-11,17,20H,8-9,12-14H2,1H3. The molecular formula is C18H23N3. The highest BCUT2D eigenvalue weighted by atomic mass is 15.1. The van der Waals surface area contributed by atoms with Crippen molar-refractivity contribution in [1.29, 1.82) is 0 Å². The molecule has 21 heavy (non-hydrogen) atoms. The van der Waals surface area contributed by atoms with Crippen molar-refractivity contribution in [3.05, 3.63) is 59.9 Å². The molecule has 0 unspecified atom stereocenters. The molecule has 0 saturated carbocycles. The zero-order valence-electron chi connectivity index (χ0n) is 12.6. The van der Waals surface area contributed by atoms with E-state index in [1.54, 1.807) is 0 Å². The van der Waals surface area contributed by atoms with E-state index in [9.17, 15) is 0 Å². The van der Waals surface area contributed by atoms with Crippen LogP contribution >= 0.6 is 0 Å². The van der Waals surface area contributed by atoms with Crippen molar-refractivity contribution in [1.82, 2.24) is 10.3 Å². The molecule has 3 rings (SSSR count). The summed E-state index contributed by atoms with van der Waals surface area (Å²) in [6, 6.07) is 13.4. The average molecular weight is 281 g/mol. The summed E-state index contributed by atoms with van der Waals surface area (Å²) in [6.45, 7) is 5.40. The van der Waals surface area contributed by atoms with E-state index in [1.807, 2.05) is 12.4 Å². The zero-order chi connectivity index (χ0) is 14.5. The molecule has 1 fully saturated rings. The van der Waals surface area contributed by atoms with E-state index in [1.165, 1.54) is 29.7 Å². The second-order valence-electron chi connectivity index (χ2n) is 5.77. The van der Waals surface area contributed by atoms with Gasteiger partial charge in [-0.3, -0.25) is 4.98 Å². The number of aromatic nitrogens is 1. The lowest BCUT2D eigenvalue weighted by Gasteiger charge is -2.34. The number of nitrogens with zero attached hydrogens (tertiary/aromatic N) is 2. The molecule has 0 spiro atoms.